The summed E-state index contributed by atoms with van der Waals surface area (Å²) >= 11 is 0. The zero-order valence-corrected chi connectivity index (χ0v) is 18.8. The number of pyridine rings is 1. The minimum Gasteiger partial charge on any atom is -0.354 e. The number of benzene rings is 1. The number of carbonyl (C=O) groups is 2. The highest BCUT2D eigenvalue weighted by Crippen LogP contribution is 2.20. The molecule has 0 spiro atoms. The van der Waals surface area contributed by atoms with Crippen molar-refractivity contribution in [1.82, 2.24) is 20.5 Å². The highest BCUT2D eigenvalue weighted by atomic mass is 16.2. The lowest BCUT2D eigenvalue weighted by molar-refractivity contribution is 0.102. The number of rotatable bonds is 5. The number of hydrogen-bond donors (Lipinski definition) is 3. The van der Waals surface area contributed by atoms with E-state index in [1.807, 2.05) is 26.0 Å². The molecule has 1 aliphatic heterocycles. The first-order valence-corrected chi connectivity index (χ1v) is 10.9. The molecule has 2 aromatic heterocycles. The third-order valence-electron chi connectivity index (χ3n) is 5.37. The highest BCUT2D eigenvalue weighted by molar-refractivity contribution is 6.12. The van der Waals surface area contributed by atoms with E-state index >= 15 is 0 Å². The van der Waals surface area contributed by atoms with Crippen LogP contribution < -0.4 is 20.9 Å². The zero-order chi connectivity index (χ0) is 23.2. The van der Waals surface area contributed by atoms with Crippen LogP contribution in [-0.2, 0) is 0 Å². The van der Waals surface area contributed by atoms with Gasteiger partial charge in [-0.3, -0.25) is 9.59 Å². The van der Waals surface area contributed by atoms with Crippen LogP contribution >= 0.6 is 0 Å². The average molecular weight is 446 g/mol. The van der Waals surface area contributed by atoms with E-state index in [2.05, 4.69) is 36.0 Å². The Morgan fingerprint density at radius 1 is 0.909 bits per heavy atom. The highest BCUT2D eigenvalue weighted by Gasteiger charge is 2.18. The van der Waals surface area contributed by atoms with E-state index in [-0.39, 0.29) is 11.6 Å². The van der Waals surface area contributed by atoms with Crippen molar-refractivity contribution in [2.24, 2.45) is 0 Å². The topological polar surface area (TPSA) is 112 Å². The standard InChI is InChI=1S/C24H27N7O2/c1-16-4-6-19(18(14-16)23(32)28-21-8-5-17(2)15-26-21)27-24(33)20-7-9-22(30-29-20)31-12-3-10-25-11-13-31/h4-9,14-15,25H,3,10-13H2,1-2H3,(H,27,33)(H,26,28,32). The number of hydrogen-bond acceptors (Lipinski definition) is 7. The Morgan fingerprint density at radius 2 is 1.76 bits per heavy atom. The molecule has 3 heterocycles. The third kappa shape index (κ3) is 5.69. The predicted molar refractivity (Wildman–Crippen MR) is 128 cm³/mol. The molecule has 0 bridgehead atoms. The van der Waals surface area contributed by atoms with Gasteiger partial charge >= 0.3 is 0 Å². The molecule has 9 heteroatoms. The smallest absolute Gasteiger partial charge is 0.276 e. The number of amides is 2. The third-order valence-corrected chi connectivity index (χ3v) is 5.37. The van der Waals surface area contributed by atoms with Crippen molar-refractivity contribution in [2.75, 3.05) is 41.7 Å². The summed E-state index contributed by atoms with van der Waals surface area (Å²) in [5, 5.41) is 17.3. The Labute approximate surface area is 192 Å². The Balaban J connectivity index is 1.48. The fourth-order valence-corrected chi connectivity index (χ4v) is 3.56. The number of carbonyl (C=O) groups excluding carboxylic acids is 2. The Hall–Kier alpha value is -3.85. The van der Waals surface area contributed by atoms with Crippen molar-refractivity contribution >= 4 is 29.1 Å². The van der Waals surface area contributed by atoms with Crippen LogP contribution in [0.4, 0.5) is 17.3 Å². The largest absolute Gasteiger partial charge is 0.354 e. The summed E-state index contributed by atoms with van der Waals surface area (Å²) in [6.45, 7) is 7.42. The van der Waals surface area contributed by atoms with Crippen LogP contribution in [0.5, 0.6) is 0 Å². The van der Waals surface area contributed by atoms with Crippen LogP contribution in [-0.4, -0.2) is 53.2 Å². The Bertz CT molecular complexity index is 1120. The second kappa shape index (κ2) is 10.2. The van der Waals surface area contributed by atoms with Gasteiger partial charge in [0.1, 0.15) is 5.82 Å². The van der Waals surface area contributed by atoms with Gasteiger partial charge < -0.3 is 20.9 Å². The SMILES string of the molecule is Cc1ccc(NC(=O)c2cc(C)ccc2NC(=O)c2ccc(N3CCCNCC3)nn2)nc1. The fraction of sp³-hybridized carbons (Fsp3) is 0.292. The molecule has 1 aliphatic rings. The summed E-state index contributed by atoms with van der Waals surface area (Å²) in [5.41, 5.74) is 2.80. The molecule has 3 aromatic rings. The lowest BCUT2D eigenvalue weighted by atomic mass is 10.1. The summed E-state index contributed by atoms with van der Waals surface area (Å²) < 4.78 is 0. The van der Waals surface area contributed by atoms with Gasteiger partial charge in [-0.15, -0.1) is 10.2 Å². The van der Waals surface area contributed by atoms with Gasteiger partial charge in [0.05, 0.1) is 11.3 Å². The molecular formula is C24H27N7O2. The van der Waals surface area contributed by atoms with Crippen molar-refractivity contribution < 1.29 is 9.59 Å². The molecule has 33 heavy (non-hydrogen) atoms. The van der Waals surface area contributed by atoms with Crippen molar-refractivity contribution in [3.05, 3.63) is 71.0 Å². The molecule has 1 saturated heterocycles. The van der Waals surface area contributed by atoms with Gasteiger partial charge in [0.2, 0.25) is 0 Å². The van der Waals surface area contributed by atoms with Gasteiger partial charge in [0.25, 0.3) is 11.8 Å². The van der Waals surface area contributed by atoms with Gasteiger partial charge in [0.15, 0.2) is 11.5 Å². The summed E-state index contributed by atoms with van der Waals surface area (Å²) in [4.78, 5) is 32.1. The first-order chi connectivity index (χ1) is 16.0. The number of nitrogens with one attached hydrogen (secondary N) is 3. The molecule has 170 valence electrons. The van der Waals surface area contributed by atoms with Crippen molar-refractivity contribution in [1.29, 1.82) is 0 Å². The van der Waals surface area contributed by atoms with E-state index in [1.165, 1.54) is 0 Å². The van der Waals surface area contributed by atoms with Crippen molar-refractivity contribution in [2.45, 2.75) is 20.3 Å². The lowest BCUT2D eigenvalue weighted by Gasteiger charge is -2.20. The molecule has 2 amide bonds. The number of nitrogens with zero attached hydrogens (tertiary/aromatic N) is 4. The molecule has 1 fully saturated rings. The monoisotopic (exact) mass is 445 g/mol. The lowest BCUT2D eigenvalue weighted by Crippen LogP contribution is -2.29. The molecule has 9 nitrogen and oxygen atoms in total. The molecule has 0 radical (unpaired) electrons. The van der Waals surface area contributed by atoms with Crippen LogP contribution in [0, 0.1) is 13.8 Å². The van der Waals surface area contributed by atoms with E-state index in [0.717, 1.165) is 49.5 Å². The minimum atomic E-state index is -0.432. The van der Waals surface area contributed by atoms with Gasteiger partial charge in [0, 0.05) is 25.8 Å². The van der Waals surface area contributed by atoms with Crippen LogP contribution in [0.2, 0.25) is 0 Å². The molecule has 0 unspecified atom stereocenters. The van der Waals surface area contributed by atoms with E-state index < -0.39 is 5.91 Å². The van der Waals surface area contributed by atoms with Gasteiger partial charge in [-0.1, -0.05) is 17.7 Å². The number of aryl methyl sites for hydroxylation is 2. The van der Waals surface area contributed by atoms with Crippen molar-refractivity contribution in [3.63, 3.8) is 0 Å². The molecule has 0 aliphatic carbocycles. The average Bonchev–Trinajstić information content (AvgIpc) is 3.11. The predicted octanol–water partition coefficient (Wildman–Crippen LogP) is 2.79. The molecule has 1 aromatic carbocycles. The van der Waals surface area contributed by atoms with E-state index in [9.17, 15) is 9.59 Å². The van der Waals surface area contributed by atoms with Crippen LogP contribution in [0.3, 0.4) is 0 Å². The summed E-state index contributed by atoms with van der Waals surface area (Å²) in [6, 6.07) is 12.3. The zero-order valence-electron chi connectivity index (χ0n) is 18.8. The van der Waals surface area contributed by atoms with Gasteiger partial charge in [-0.2, -0.15) is 0 Å². The van der Waals surface area contributed by atoms with E-state index in [4.69, 9.17) is 0 Å². The maximum Gasteiger partial charge on any atom is 0.276 e. The van der Waals surface area contributed by atoms with E-state index in [1.54, 1.807) is 36.5 Å². The second-order valence-electron chi connectivity index (χ2n) is 8.05. The molecule has 3 N–H and O–H groups in total. The first-order valence-electron chi connectivity index (χ1n) is 10.9. The van der Waals surface area contributed by atoms with Crippen LogP contribution in [0.15, 0.2) is 48.7 Å². The van der Waals surface area contributed by atoms with Crippen molar-refractivity contribution in [3.8, 4) is 0 Å². The maximum absolute atomic E-state index is 12.9. The molecule has 0 saturated carbocycles. The summed E-state index contributed by atoms with van der Waals surface area (Å²) in [7, 11) is 0. The number of anilines is 3. The number of aromatic nitrogens is 3. The fourth-order valence-electron chi connectivity index (χ4n) is 3.56. The first kappa shape index (κ1) is 22.3. The summed E-state index contributed by atoms with van der Waals surface area (Å²) in [6.07, 6.45) is 2.71. The quantitative estimate of drug-likeness (QED) is 0.554. The van der Waals surface area contributed by atoms with Gasteiger partial charge in [-0.25, -0.2) is 4.98 Å². The molecule has 4 rings (SSSR count). The second-order valence-corrected chi connectivity index (χ2v) is 8.05. The molecular weight excluding hydrogens is 418 g/mol. The van der Waals surface area contributed by atoms with Gasteiger partial charge in [-0.05, 0) is 62.7 Å². The summed E-state index contributed by atoms with van der Waals surface area (Å²) in [5.74, 6) is 0.394. The Kier molecular flexibility index (Phi) is 6.89. The Morgan fingerprint density at radius 3 is 2.52 bits per heavy atom. The maximum atomic E-state index is 12.9. The van der Waals surface area contributed by atoms with Crippen LogP contribution in [0.1, 0.15) is 38.4 Å². The molecule has 0 atom stereocenters. The normalized spacial score (nSPS) is 13.8. The van der Waals surface area contributed by atoms with E-state index in [0.29, 0.717) is 17.1 Å². The van der Waals surface area contributed by atoms with Crippen LogP contribution in [0.25, 0.3) is 0 Å². The minimum absolute atomic E-state index is 0.179.